The van der Waals surface area contributed by atoms with E-state index in [-0.39, 0.29) is 41.3 Å². The highest BCUT2D eigenvalue weighted by Crippen LogP contribution is 2.48. The Balaban J connectivity index is 6.61. The minimum atomic E-state index is -1.11. The Morgan fingerprint density at radius 3 is 1.08 bits per heavy atom. The van der Waals surface area contributed by atoms with Gasteiger partial charge in [0.1, 0.15) is 12.6 Å². The van der Waals surface area contributed by atoms with Crippen LogP contribution in [0.2, 0.25) is 0 Å². The molecule has 0 saturated heterocycles. The molecule has 0 aliphatic carbocycles. The summed E-state index contributed by atoms with van der Waals surface area (Å²) in [6, 6.07) is 0. The lowest BCUT2D eigenvalue weighted by atomic mass is 9.54. The minimum absolute atomic E-state index is 0.110. The second-order valence-corrected chi connectivity index (χ2v) is 9.91. The summed E-state index contributed by atoms with van der Waals surface area (Å²) < 4.78 is 0. The average molecular weight is 367 g/mol. The summed E-state index contributed by atoms with van der Waals surface area (Å²) in [6.07, 6.45) is 2.72. The van der Waals surface area contributed by atoms with Gasteiger partial charge in [-0.05, 0) is 48.3 Å². The molecule has 0 aliphatic rings. The number of Topliss-reactive ketones (excluding diaryl/α,β-unsaturated/α-hetero) is 1. The van der Waals surface area contributed by atoms with E-state index < -0.39 is 10.8 Å². The Hall–Kier alpha value is -0.990. The molecule has 0 heterocycles. The highest BCUT2D eigenvalue weighted by molar-refractivity contribution is 6.09. The maximum atomic E-state index is 14.0. The maximum Gasteiger partial charge on any atom is 0.159 e. The summed E-state index contributed by atoms with van der Waals surface area (Å²) >= 11 is 0. The fourth-order valence-electron chi connectivity index (χ4n) is 4.36. The van der Waals surface area contributed by atoms with Crippen molar-refractivity contribution >= 4 is 18.4 Å². The molecular weight excluding hydrogens is 324 g/mol. The molecule has 0 N–H and O–H groups in total. The Morgan fingerprint density at radius 1 is 0.654 bits per heavy atom. The van der Waals surface area contributed by atoms with Crippen LogP contribution in [0, 0.1) is 46.3 Å². The molecule has 0 fully saturated rings. The zero-order chi connectivity index (χ0) is 20.9. The summed E-state index contributed by atoms with van der Waals surface area (Å²) in [7, 11) is 0. The second-order valence-electron chi connectivity index (χ2n) is 9.91. The van der Waals surface area contributed by atoms with Crippen molar-refractivity contribution in [2.75, 3.05) is 0 Å². The number of aldehydes is 2. The van der Waals surface area contributed by atoms with Gasteiger partial charge in [-0.25, -0.2) is 0 Å². The van der Waals surface area contributed by atoms with Crippen molar-refractivity contribution in [2.24, 2.45) is 46.3 Å². The predicted molar refractivity (Wildman–Crippen MR) is 109 cm³/mol. The zero-order valence-electron chi connectivity index (χ0n) is 18.8. The summed E-state index contributed by atoms with van der Waals surface area (Å²) in [5, 5.41) is 0. The van der Waals surface area contributed by atoms with Crippen molar-refractivity contribution in [3.8, 4) is 0 Å². The molecule has 0 spiro atoms. The van der Waals surface area contributed by atoms with Crippen LogP contribution in [0.1, 0.15) is 82.1 Å². The van der Waals surface area contributed by atoms with Crippen LogP contribution in [-0.2, 0) is 14.4 Å². The van der Waals surface area contributed by atoms with E-state index in [9.17, 15) is 14.4 Å². The van der Waals surface area contributed by atoms with Crippen LogP contribution in [0.25, 0.3) is 0 Å². The fourth-order valence-corrected chi connectivity index (χ4v) is 4.36. The Morgan fingerprint density at radius 2 is 0.923 bits per heavy atom. The van der Waals surface area contributed by atoms with Gasteiger partial charge in [-0.2, -0.15) is 0 Å². The van der Waals surface area contributed by atoms with E-state index in [1.807, 2.05) is 69.2 Å². The second kappa shape index (κ2) is 9.80. The van der Waals surface area contributed by atoms with Crippen LogP contribution in [0.4, 0.5) is 0 Å². The predicted octanol–water partition coefficient (Wildman–Crippen LogP) is 5.60. The number of carbonyl (C=O) groups is 3. The summed E-state index contributed by atoms with van der Waals surface area (Å²) in [6.45, 7) is 20.3. The smallest absolute Gasteiger partial charge is 0.159 e. The van der Waals surface area contributed by atoms with Gasteiger partial charge in [-0.15, -0.1) is 0 Å². The SMILES string of the molecule is CC(C)CC(C=O)(C(=O)C(C=O)(CC(C)C)C(C)C(C)C)C(C)C(C)C. The first-order chi connectivity index (χ1) is 11.8. The van der Waals surface area contributed by atoms with Crippen LogP contribution in [0.15, 0.2) is 0 Å². The molecule has 4 atom stereocenters. The van der Waals surface area contributed by atoms with Crippen LogP contribution >= 0.6 is 0 Å². The lowest BCUT2D eigenvalue weighted by molar-refractivity contribution is -0.156. The summed E-state index contributed by atoms with van der Waals surface area (Å²) in [4.78, 5) is 39.0. The van der Waals surface area contributed by atoms with Gasteiger partial charge >= 0.3 is 0 Å². The molecule has 0 rings (SSSR count). The lowest BCUT2D eigenvalue weighted by Gasteiger charge is -2.45. The molecule has 0 aromatic carbocycles. The Labute approximate surface area is 161 Å². The van der Waals surface area contributed by atoms with E-state index in [1.54, 1.807) is 0 Å². The molecule has 0 amide bonds. The van der Waals surface area contributed by atoms with Crippen molar-refractivity contribution in [2.45, 2.75) is 82.1 Å². The van der Waals surface area contributed by atoms with E-state index in [4.69, 9.17) is 0 Å². The van der Waals surface area contributed by atoms with Crippen molar-refractivity contribution in [1.29, 1.82) is 0 Å². The Bertz CT molecular complexity index is 436. The normalized spacial score (nSPS) is 19.3. The zero-order valence-corrected chi connectivity index (χ0v) is 18.8. The Kier molecular flexibility index (Phi) is 9.43. The van der Waals surface area contributed by atoms with E-state index in [1.165, 1.54) is 0 Å². The standard InChI is InChI=1S/C23H42O3/c1-15(2)11-22(13-24,19(9)17(5)6)21(26)23(14-25,12-16(3)4)20(10)18(7)8/h13-20H,11-12H2,1-10H3. The summed E-state index contributed by atoms with van der Waals surface area (Å²) in [5.41, 5.74) is -2.22. The molecule has 26 heavy (non-hydrogen) atoms. The number of rotatable bonds is 12. The largest absolute Gasteiger partial charge is 0.302 e. The van der Waals surface area contributed by atoms with Crippen molar-refractivity contribution in [1.82, 2.24) is 0 Å². The van der Waals surface area contributed by atoms with Crippen LogP contribution in [-0.4, -0.2) is 18.4 Å². The number of carbonyl (C=O) groups excluding carboxylic acids is 3. The topological polar surface area (TPSA) is 51.2 Å². The van der Waals surface area contributed by atoms with Gasteiger partial charge in [0.25, 0.3) is 0 Å². The van der Waals surface area contributed by atoms with Crippen LogP contribution in [0.5, 0.6) is 0 Å². The number of hydrogen-bond donors (Lipinski definition) is 0. The van der Waals surface area contributed by atoms with E-state index in [0.717, 1.165) is 12.6 Å². The maximum absolute atomic E-state index is 14.0. The fraction of sp³-hybridized carbons (Fsp3) is 0.870. The molecule has 0 aliphatic heterocycles. The van der Waals surface area contributed by atoms with Gasteiger partial charge in [0.05, 0.1) is 10.8 Å². The number of ketones is 1. The lowest BCUT2D eigenvalue weighted by Crippen LogP contribution is -2.54. The highest BCUT2D eigenvalue weighted by Gasteiger charge is 2.56. The third-order valence-corrected chi connectivity index (χ3v) is 6.38. The summed E-state index contributed by atoms with van der Waals surface area (Å²) in [5.74, 6) is 0.383. The van der Waals surface area contributed by atoms with Gasteiger partial charge < -0.3 is 9.59 Å². The molecule has 0 bridgehead atoms. The van der Waals surface area contributed by atoms with Gasteiger partial charge in [-0.1, -0.05) is 69.2 Å². The monoisotopic (exact) mass is 366 g/mol. The first-order valence-electron chi connectivity index (χ1n) is 10.3. The third-order valence-electron chi connectivity index (χ3n) is 6.38. The van der Waals surface area contributed by atoms with Gasteiger partial charge in [0.2, 0.25) is 0 Å². The van der Waals surface area contributed by atoms with Crippen molar-refractivity contribution < 1.29 is 14.4 Å². The molecule has 3 heteroatoms. The molecule has 0 aromatic heterocycles. The molecule has 0 aromatic rings. The van der Waals surface area contributed by atoms with Gasteiger partial charge in [-0.3, -0.25) is 4.79 Å². The first-order valence-corrected chi connectivity index (χ1v) is 10.3. The first kappa shape index (κ1) is 25.0. The molecule has 4 unspecified atom stereocenters. The molecule has 3 nitrogen and oxygen atoms in total. The van der Waals surface area contributed by atoms with E-state index in [0.29, 0.717) is 12.8 Å². The van der Waals surface area contributed by atoms with Crippen molar-refractivity contribution in [3.63, 3.8) is 0 Å². The number of hydrogen-bond acceptors (Lipinski definition) is 3. The van der Waals surface area contributed by atoms with Crippen LogP contribution in [0.3, 0.4) is 0 Å². The minimum Gasteiger partial charge on any atom is -0.302 e. The van der Waals surface area contributed by atoms with E-state index in [2.05, 4.69) is 0 Å². The average Bonchev–Trinajstić information content (AvgIpc) is 2.54. The van der Waals surface area contributed by atoms with Crippen LogP contribution < -0.4 is 0 Å². The molecule has 152 valence electrons. The van der Waals surface area contributed by atoms with E-state index >= 15 is 0 Å². The quantitative estimate of drug-likeness (QED) is 0.333. The molecular formula is C23H42O3. The van der Waals surface area contributed by atoms with Gasteiger partial charge in [0, 0.05) is 0 Å². The van der Waals surface area contributed by atoms with Gasteiger partial charge in [0.15, 0.2) is 5.78 Å². The molecule has 0 radical (unpaired) electrons. The molecule has 0 saturated carbocycles. The highest BCUT2D eigenvalue weighted by atomic mass is 16.2. The van der Waals surface area contributed by atoms with Crippen molar-refractivity contribution in [3.05, 3.63) is 0 Å². The third kappa shape index (κ3) is 5.04.